The summed E-state index contributed by atoms with van der Waals surface area (Å²) in [5.41, 5.74) is 0. The van der Waals surface area contributed by atoms with Gasteiger partial charge >= 0.3 is 0 Å². The lowest BCUT2D eigenvalue weighted by Crippen LogP contribution is -2.29. The van der Waals surface area contributed by atoms with Gasteiger partial charge in [-0.3, -0.25) is 0 Å². The summed E-state index contributed by atoms with van der Waals surface area (Å²) < 4.78 is 5.25. The summed E-state index contributed by atoms with van der Waals surface area (Å²) in [5, 5.41) is 3.41. The van der Waals surface area contributed by atoms with Crippen molar-refractivity contribution in [2.75, 3.05) is 19.8 Å². The average Bonchev–Trinajstić information content (AvgIpc) is 2.56. The Morgan fingerprint density at radius 3 is 2.50 bits per heavy atom. The molecule has 1 aliphatic rings. The van der Waals surface area contributed by atoms with Crippen molar-refractivity contribution < 1.29 is 4.74 Å². The lowest BCUT2D eigenvalue weighted by Gasteiger charge is -2.11. The molecule has 0 bridgehead atoms. The van der Waals surface area contributed by atoms with Gasteiger partial charge in [-0.25, -0.2) is 0 Å². The molecular weight excluding hydrogens is 150 g/mol. The van der Waals surface area contributed by atoms with Crippen molar-refractivity contribution >= 4 is 0 Å². The minimum absolute atomic E-state index is 0.612. The van der Waals surface area contributed by atoms with Gasteiger partial charge < -0.3 is 10.1 Å². The van der Waals surface area contributed by atoms with E-state index in [1.54, 1.807) is 0 Å². The van der Waals surface area contributed by atoms with E-state index in [1.165, 1.54) is 6.42 Å². The minimum atomic E-state index is 0.612. The van der Waals surface area contributed by atoms with Gasteiger partial charge in [-0.1, -0.05) is 27.7 Å². The zero-order valence-corrected chi connectivity index (χ0v) is 8.89. The molecule has 0 aromatic rings. The lowest BCUT2D eigenvalue weighted by atomic mass is 10.1. The van der Waals surface area contributed by atoms with Crippen molar-refractivity contribution in [3.8, 4) is 0 Å². The van der Waals surface area contributed by atoms with Crippen LogP contribution in [0.2, 0.25) is 0 Å². The van der Waals surface area contributed by atoms with E-state index in [-0.39, 0.29) is 0 Å². The number of hydrogen-bond acceptors (Lipinski definition) is 2. The van der Waals surface area contributed by atoms with Crippen LogP contribution in [0.3, 0.4) is 0 Å². The second-order valence-corrected chi connectivity index (χ2v) is 3.29. The maximum atomic E-state index is 5.25. The maximum absolute atomic E-state index is 5.25. The first kappa shape index (κ1) is 11.9. The Morgan fingerprint density at radius 1 is 1.42 bits per heavy atom. The molecule has 1 aliphatic heterocycles. The molecule has 1 unspecified atom stereocenters. The largest absolute Gasteiger partial charge is 0.381 e. The normalized spacial score (nSPS) is 22.2. The fourth-order valence-corrected chi connectivity index (χ4v) is 1.15. The molecule has 1 N–H and O–H groups in total. The predicted octanol–water partition coefficient (Wildman–Crippen LogP) is 2.05. The number of nitrogens with one attached hydrogen (secondary N) is 1. The van der Waals surface area contributed by atoms with E-state index in [2.05, 4.69) is 19.2 Å². The van der Waals surface area contributed by atoms with Gasteiger partial charge in [-0.2, -0.15) is 0 Å². The van der Waals surface area contributed by atoms with Crippen LogP contribution in [0.5, 0.6) is 0 Å². The third-order valence-electron chi connectivity index (χ3n) is 1.84. The van der Waals surface area contributed by atoms with Crippen molar-refractivity contribution in [1.29, 1.82) is 0 Å². The first-order valence-electron chi connectivity index (χ1n) is 5.10. The van der Waals surface area contributed by atoms with Gasteiger partial charge in [0.05, 0.1) is 6.61 Å². The van der Waals surface area contributed by atoms with Crippen LogP contribution in [-0.4, -0.2) is 25.8 Å². The van der Waals surface area contributed by atoms with Crippen LogP contribution >= 0.6 is 0 Å². The van der Waals surface area contributed by atoms with Crippen LogP contribution in [-0.2, 0) is 4.74 Å². The minimum Gasteiger partial charge on any atom is -0.381 e. The van der Waals surface area contributed by atoms with Gasteiger partial charge in [0.25, 0.3) is 0 Å². The smallest absolute Gasteiger partial charge is 0.0507 e. The highest BCUT2D eigenvalue weighted by Gasteiger charge is 2.14. The van der Waals surface area contributed by atoms with E-state index < -0.39 is 0 Å². The van der Waals surface area contributed by atoms with Crippen LogP contribution < -0.4 is 5.32 Å². The van der Waals surface area contributed by atoms with Gasteiger partial charge in [0.1, 0.15) is 0 Å². The highest BCUT2D eigenvalue weighted by atomic mass is 16.5. The molecule has 0 saturated carbocycles. The molecule has 2 heteroatoms. The van der Waals surface area contributed by atoms with Crippen LogP contribution in [0.1, 0.15) is 34.1 Å². The summed E-state index contributed by atoms with van der Waals surface area (Å²) in [6.07, 6.45) is 1.24. The Labute approximate surface area is 76.7 Å². The van der Waals surface area contributed by atoms with Gasteiger partial charge in [-0.15, -0.1) is 0 Å². The molecule has 1 heterocycles. The average molecular weight is 173 g/mol. The Balaban J connectivity index is 0.000000561. The Bertz CT molecular complexity index is 87.8. The Morgan fingerprint density at radius 2 is 2.08 bits per heavy atom. The monoisotopic (exact) mass is 173 g/mol. The zero-order valence-electron chi connectivity index (χ0n) is 8.89. The van der Waals surface area contributed by atoms with Crippen molar-refractivity contribution in [2.45, 2.75) is 40.2 Å². The van der Waals surface area contributed by atoms with Crippen LogP contribution in [0.4, 0.5) is 0 Å². The second-order valence-electron chi connectivity index (χ2n) is 3.29. The topological polar surface area (TPSA) is 21.3 Å². The molecule has 0 amide bonds. The summed E-state index contributed by atoms with van der Waals surface area (Å²) in [7, 11) is 0. The zero-order chi connectivity index (χ0) is 9.40. The highest BCUT2D eigenvalue weighted by molar-refractivity contribution is 4.67. The SMILES string of the molecule is CC.CC(C)NCC1CCOC1. The first-order valence-corrected chi connectivity index (χ1v) is 5.10. The van der Waals surface area contributed by atoms with E-state index in [0.717, 1.165) is 25.7 Å². The molecule has 1 rings (SSSR count). The fourth-order valence-electron chi connectivity index (χ4n) is 1.15. The number of rotatable bonds is 3. The van der Waals surface area contributed by atoms with Gasteiger partial charge in [0, 0.05) is 19.2 Å². The Hall–Kier alpha value is -0.0800. The number of ether oxygens (including phenoxy) is 1. The lowest BCUT2D eigenvalue weighted by molar-refractivity contribution is 0.185. The van der Waals surface area contributed by atoms with Crippen molar-refractivity contribution in [3.05, 3.63) is 0 Å². The molecule has 1 saturated heterocycles. The fraction of sp³-hybridized carbons (Fsp3) is 1.00. The highest BCUT2D eigenvalue weighted by Crippen LogP contribution is 2.10. The molecule has 0 aromatic carbocycles. The summed E-state index contributed by atoms with van der Waals surface area (Å²) in [5.74, 6) is 0.766. The van der Waals surface area contributed by atoms with Crippen molar-refractivity contribution in [2.24, 2.45) is 5.92 Å². The molecule has 12 heavy (non-hydrogen) atoms. The van der Waals surface area contributed by atoms with E-state index in [1.807, 2.05) is 13.8 Å². The molecule has 2 nitrogen and oxygen atoms in total. The summed E-state index contributed by atoms with van der Waals surface area (Å²) in [4.78, 5) is 0. The van der Waals surface area contributed by atoms with E-state index in [4.69, 9.17) is 4.74 Å². The van der Waals surface area contributed by atoms with Crippen LogP contribution in [0, 0.1) is 5.92 Å². The third-order valence-corrected chi connectivity index (χ3v) is 1.84. The second kappa shape index (κ2) is 7.56. The van der Waals surface area contributed by atoms with Gasteiger partial charge in [0.15, 0.2) is 0 Å². The third kappa shape index (κ3) is 5.56. The van der Waals surface area contributed by atoms with E-state index in [9.17, 15) is 0 Å². The molecule has 1 atom stereocenters. The molecule has 0 spiro atoms. The van der Waals surface area contributed by atoms with Gasteiger partial charge in [-0.05, 0) is 12.3 Å². The molecule has 74 valence electrons. The summed E-state index contributed by atoms with van der Waals surface area (Å²) in [6, 6.07) is 0.612. The quantitative estimate of drug-likeness (QED) is 0.705. The van der Waals surface area contributed by atoms with Crippen molar-refractivity contribution in [1.82, 2.24) is 5.32 Å². The molecule has 0 radical (unpaired) electrons. The van der Waals surface area contributed by atoms with Crippen LogP contribution in [0.15, 0.2) is 0 Å². The molecule has 0 aliphatic carbocycles. The van der Waals surface area contributed by atoms with Crippen molar-refractivity contribution in [3.63, 3.8) is 0 Å². The Kier molecular flexibility index (Phi) is 7.51. The molecule has 0 aromatic heterocycles. The number of hydrogen-bond donors (Lipinski definition) is 1. The first-order chi connectivity index (χ1) is 5.79. The molecule has 1 fully saturated rings. The summed E-state index contributed by atoms with van der Waals surface area (Å²) >= 11 is 0. The van der Waals surface area contributed by atoms with E-state index in [0.29, 0.717) is 6.04 Å². The van der Waals surface area contributed by atoms with E-state index >= 15 is 0 Å². The standard InChI is InChI=1S/C8H17NO.C2H6/c1-7(2)9-5-8-3-4-10-6-8;1-2/h7-9H,3-6H2,1-2H3;1-2H3. The predicted molar refractivity (Wildman–Crippen MR) is 53.4 cm³/mol. The van der Waals surface area contributed by atoms with Crippen LogP contribution in [0.25, 0.3) is 0 Å². The summed E-state index contributed by atoms with van der Waals surface area (Å²) in [6.45, 7) is 11.4. The molecular formula is C10H23NO. The van der Waals surface area contributed by atoms with Gasteiger partial charge in [0.2, 0.25) is 0 Å². The maximum Gasteiger partial charge on any atom is 0.0507 e.